The van der Waals surface area contributed by atoms with Crippen LogP contribution in [0.15, 0.2) is 54.7 Å². The van der Waals surface area contributed by atoms with Gasteiger partial charge in [-0.15, -0.1) is 0 Å². The number of amides is 6. The van der Waals surface area contributed by atoms with E-state index >= 15 is 0 Å². The molecule has 6 N–H and O–H groups in total. The normalized spacial score (nSPS) is 18.9. The first-order valence-corrected chi connectivity index (χ1v) is 32.8. The van der Waals surface area contributed by atoms with Crippen molar-refractivity contribution in [2.45, 2.75) is 108 Å². The van der Waals surface area contributed by atoms with E-state index in [1.165, 1.54) is 24.9 Å². The maximum Gasteiger partial charge on any atom is 0.317 e. The minimum atomic E-state index is -1.68. The fraction of sp³-hybridized carbons (Fsp3) is 0.609. The molecule has 6 amide bonds. The Kier molecular flexibility index (Phi) is 31.2. The third kappa shape index (κ3) is 25.9. The second kappa shape index (κ2) is 39.1. The van der Waals surface area contributed by atoms with E-state index in [9.17, 15) is 63.0 Å². The molecule has 0 aliphatic carbocycles. The number of thioether (sulfide) groups is 1. The first-order valence-electron chi connectivity index (χ1n) is 31.7. The number of fused-ring (bicyclic) bond motifs is 1. The highest BCUT2D eigenvalue weighted by atomic mass is 32.2. The van der Waals surface area contributed by atoms with Gasteiger partial charge in [0.25, 0.3) is 24.8 Å². The lowest BCUT2D eigenvalue weighted by atomic mass is 9.91. The quantitative estimate of drug-likeness (QED) is 0.0363. The lowest BCUT2D eigenvalue weighted by Crippen LogP contribution is -2.52. The van der Waals surface area contributed by atoms with Gasteiger partial charge >= 0.3 is 5.97 Å². The summed E-state index contributed by atoms with van der Waals surface area (Å²) in [5.74, 6) is -2.07. The zero-order valence-corrected chi connectivity index (χ0v) is 53.8. The molecule has 3 saturated heterocycles. The standard InChI is InChI=1S/C64H91FN12O14S/c1-47-11-13-48(14-12-47)8-5-10-57(81)68-20-6-9-55(71-58(82)39-72-25-26-73(40-60(84)85)28-30-75(44-90-46-79)32-31-74(29-27-72)43-89-45-78)62(87)69-22-34-92-41-56(80)63(88)76-23-18-49(19-24-76)7-3-4-33-91-51-15-16-54-53(35-51)52(17-21-67-54)61(86)70-38-59(83)77-42-64(2,65)36-50(77)37-66/h11-17,21,35,45-46,49-50,55-56,80H,3-10,18-20,22-34,36,38-44H2,1-2H3,(H,68,81)(H,69,87)(H,70,86)(H,71,82)(H,84,85)/t50-,55+,56-,64?/m1/s1. The molecule has 4 atom stereocenters. The Bertz CT molecular complexity index is 2940. The number of aliphatic carboxylic acids is 1. The number of aliphatic hydroxyl groups excluding tert-OH is 1. The maximum atomic E-state index is 14.6. The number of halogens is 1. The molecule has 0 saturated carbocycles. The summed E-state index contributed by atoms with van der Waals surface area (Å²) in [6.07, 6.45) is 6.64. The number of nitrogens with one attached hydrogen (secondary N) is 4. The van der Waals surface area contributed by atoms with Gasteiger partial charge in [-0.2, -0.15) is 17.0 Å². The molecule has 26 nitrogen and oxygen atoms in total. The van der Waals surface area contributed by atoms with Crippen molar-refractivity contribution in [3.8, 4) is 11.8 Å². The van der Waals surface area contributed by atoms with Crippen LogP contribution in [0.1, 0.15) is 92.6 Å². The Hall–Kier alpha value is -7.55. The number of aliphatic hydroxyl groups is 1. The Balaban J connectivity index is 0.921. The molecule has 92 heavy (non-hydrogen) atoms. The van der Waals surface area contributed by atoms with Crippen LogP contribution in [0.25, 0.3) is 10.9 Å². The molecule has 3 aliphatic heterocycles. The molecule has 0 spiro atoms. The first-order chi connectivity index (χ1) is 44.3. The molecular weight excluding hydrogens is 1210 g/mol. The number of likely N-dealkylation sites (tertiary alicyclic amines) is 2. The average Bonchev–Trinajstić information content (AvgIpc) is 1.48. The molecule has 3 aromatic rings. The van der Waals surface area contributed by atoms with Crippen LogP contribution in [0.5, 0.6) is 5.75 Å². The number of aryl methyl sites for hydroxylation is 2. The number of alkyl halides is 1. The van der Waals surface area contributed by atoms with Crippen LogP contribution < -0.4 is 26.0 Å². The van der Waals surface area contributed by atoms with Gasteiger partial charge in [-0.25, -0.2) is 4.39 Å². The number of hydrogen-bond donors (Lipinski definition) is 6. The average molecular weight is 1300 g/mol. The number of nitriles is 1. The van der Waals surface area contributed by atoms with Gasteiger partial charge in [0.05, 0.1) is 49.9 Å². The number of piperidine rings is 1. The number of carbonyl (C=O) groups excluding carboxylic acids is 8. The van der Waals surface area contributed by atoms with E-state index in [2.05, 4.69) is 26.3 Å². The number of pyridine rings is 1. The van der Waals surface area contributed by atoms with Gasteiger partial charge in [0.1, 0.15) is 43.1 Å². The molecular formula is C64H91FN12O14S. The lowest BCUT2D eigenvalue weighted by Gasteiger charge is -2.33. The van der Waals surface area contributed by atoms with E-state index in [-0.39, 0.29) is 95.2 Å². The van der Waals surface area contributed by atoms with Gasteiger partial charge in [0, 0.05) is 114 Å². The van der Waals surface area contributed by atoms with E-state index in [0.29, 0.717) is 119 Å². The molecule has 4 heterocycles. The summed E-state index contributed by atoms with van der Waals surface area (Å²) in [6.45, 7) is 7.56. The van der Waals surface area contributed by atoms with Gasteiger partial charge in [0.2, 0.25) is 23.6 Å². The number of nitrogens with zero attached hydrogens (tertiary/aromatic N) is 8. The fourth-order valence-corrected chi connectivity index (χ4v) is 12.1. The number of carboxylic acids is 1. The zero-order valence-electron chi connectivity index (χ0n) is 52.9. The molecule has 6 rings (SSSR count). The predicted molar refractivity (Wildman–Crippen MR) is 340 cm³/mol. The number of rotatable bonds is 35. The number of aromatic nitrogens is 1. The third-order valence-electron chi connectivity index (χ3n) is 16.6. The summed E-state index contributed by atoms with van der Waals surface area (Å²) < 4.78 is 30.7. The van der Waals surface area contributed by atoms with Crippen molar-refractivity contribution in [3.63, 3.8) is 0 Å². The number of benzene rings is 2. The van der Waals surface area contributed by atoms with Crippen LogP contribution in [0.3, 0.4) is 0 Å². The SMILES string of the molecule is Cc1ccc(CCCC(=O)NCCC[C@H](NC(=O)CN2CCN(COC=O)CCN(COC=O)CCN(CC(=O)O)CC2)C(=O)NCCSC[C@@H](O)C(=O)N2CCC(CCCCOc3ccc4nccc(C(=O)NCC(=O)N5CC(C)(F)C[C@@H]5C#N)c4c3)CC2)cc1. The molecule has 0 bridgehead atoms. The lowest BCUT2D eigenvalue weighted by molar-refractivity contribution is -0.140. The smallest absolute Gasteiger partial charge is 0.317 e. The second-order valence-corrected chi connectivity index (χ2v) is 25.1. The Morgan fingerprint density at radius 3 is 2.13 bits per heavy atom. The van der Waals surface area contributed by atoms with Crippen LogP contribution in [0.4, 0.5) is 4.39 Å². The van der Waals surface area contributed by atoms with Crippen LogP contribution >= 0.6 is 11.8 Å². The summed E-state index contributed by atoms with van der Waals surface area (Å²) in [7, 11) is 0. The van der Waals surface area contributed by atoms with E-state index in [0.717, 1.165) is 54.6 Å². The number of ether oxygens (including phenoxy) is 3. The second-order valence-electron chi connectivity index (χ2n) is 23.9. The maximum absolute atomic E-state index is 14.6. The molecule has 28 heteroatoms. The van der Waals surface area contributed by atoms with Gasteiger partial charge < -0.3 is 55.5 Å². The molecule has 1 aromatic heterocycles. The van der Waals surface area contributed by atoms with Crippen molar-refractivity contribution >= 4 is 77.0 Å². The van der Waals surface area contributed by atoms with Crippen LogP contribution in [0, 0.1) is 24.2 Å². The highest BCUT2D eigenvalue weighted by Gasteiger charge is 2.43. The Morgan fingerprint density at radius 1 is 0.815 bits per heavy atom. The number of carbonyl (C=O) groups is 9. The molecule has 1 unspecified atom stereocenters. The Labute approximate surface area is 541 Å². The molecule has 0 radical (unpaired) electrons. The van der Waals surface area contributed by atoms with Crippen molar-refractivity contribution in [2.75, 3.05) is 136 Å². The summed E-state index contributed by atoms with van der Waals surface area (Å²) in [6, 6.07) is 15.0. The third-order valence-corrected chi connectivity index (χ3v) is 17.6. The predicted octanol–water partition coefficient (Wildman–Crippen LogP) is 2.09. The summed E-state index contributed by atoms with van der Waals surface area (Å²) >= 11 is 1.31. The van der Waals surface area contributed by atoms with Gasteiger partial charge in [-0.05, 0) is 101 Å². The monoisotopic (exact) mass is 1300 g/mol. The van der Waals surface area contributed by atoms with Gasteiger partial charge in [-0.1, -0.05) is 36.2 Å². The highest BCUT2D eigenvalue weighted by Crippen LogP contribution is 2.30. The minimum Gasteiger partial charge on any atom is -0.494 e. The molecule has 3 fully saturated rings. The van der Waals surface area contributed by atoms with E-state index in [1.54, 1.807) is 34.1 Å². The van der Waals surface area contributed by atoms with Crippen LogP contribution in [0.2, 0.25) is 0 Å². The van der Waals surface area contributed by atoms with Crippen molar-refractivity contribution < 1.29 is 72.0 Å². The Morgan fingerprint density at radius 2 is 1.48 bits per heavy atom. The highest BCUT2D eigenvalue weighted by molar-refractivity contribution is 7.99. The number of hydrogen-bond acceptors (Lipinski definition) is 20. The topological polar surface area (TPSA) is 326 Å². The van der Waals surface area contributed by atoms with Crippen LogP contribution in [-0.4, -0.2) is 259 Å². The van der Waals surface area contributed by atoms with Crippen molar-refractivity contribution in [3.05, 3.63) is 71.4 Å². The molecule has 3 aliphatic rings. The van der Waals surface area contributed by atoms with E-state index < -0.39 is 60.0 Å². The van der Waals surface area contributed by atoms with E-state index in [4.69, 9.17) is 14.2 Å². The fourth-order valence-electron chi connectivity index (χ4n) is 11.4. The molecule has 504 valence electrons. The molecule has 2 aromatic carbocycles. The zero-order chi connectivity index (χ0) is 66.3. The minimum absolute atomic E-state index is 0.0129. The summed E-state index contributed by atoms with van der Waals surface area (Å²) in [5.41, 5.74) is 1.46. The summed E-state index contributed by atoms with van der Waals surface area (Å²) in [5, 5.41) is 41.9. The van der Waals surface area contributed by atoms with E-state index in [1.807, 2.05) is 52.0 Å². The number of carboxylic acid groups (broad SMARTS) is 1. The largest absolute Gasteiger partial charge is 0.494 e. The van der Waals surface area contributed by atoms with Gasteiger partial charge in [0.15, 0.2) is 0 Å². The van der Waals surface area contributed by atoms with Gasteiger partial charge in [-0.3, -0.25) is 67.7 Å². The summed E-state index contributed by atoms with van der Waals surface area (Å²) in [4.78, 5) is 129. The number of unbranched alkanes of at least 4 members (excludes halogenated alkanes) is 1. The van der Waals surface area contributed by atoms with Crippen molar-refractivity contribution in [1.82, 2.24) is 55.7 Å². The van der Waals surface area contributed by atoms with Crippen LogP contribution in [-0.2, 0) is 54.3 Å². The van der Waals surface area contributed by atoms with Crippen molar-refractivity contribution in [2.24, 2.45) is 5.92 Å². The van der Waals surface area contributed by atoms with Crippen molar-refractivity contribution in [1.29, 1.82) is 5.26 Å². The first kappa shape index (κ1) is 73.5.